The smallest absolute Gasteiger partial charge is 0.241 e. The molecule has 1 heterocycles. The van der Waals surface area contributed by atoms with Crippen LogP contribution in [0.3, 0.4) is 0 Å². The van der Waals surface area contributed by atoms with E-state index in [0.717, 1.165) is 32.6 Å². The predicted molar refractivity (Wildman–Crippen MR) is 75.3 cm³/mol. The van der Waals surface area contributed by atoms with E-state index < -0.39 is 0 Å². The van der Waals surface area contributed by atoms with Crippen molar-refractivity contribution in [3.8, 4) is 0 Å². The van der Waals surface area contributed by atoms with E-state index in [1.165, 1.54) is 0 Å². The molecular weight excluding hydrogens is 226 g/mol. The Kier molecular flexibility index (Phi) is 6.09. The molecule has 1 rings (SSSR count). The van der Waals surface area contributed by atoms with Gasteiger partial charge in [0.15, 0.2) is 0 Å². The fourth-order valence-corrected chi connectivity index (χ4v) is 2.57. The lowest BCUT2D eigenvalue weighted by molar-refractivity contribution is -0.131. The van der Waals surface area contributed by atoms with Crippen molar-refractivity contribution in [3.63, 3.8) is 0 Å². The topological polar surface area (TPSA) is 35.6 Å². The molecule has 0 radical (unpaired) electrons. The first kappa shape index (κ1) is 15.4. The van der Waals surface area contributed by atoms with Gasteiger partial charge in [0.2, 0.25) is 5.91 Å². The molecule has 106 valence electrons. The zero-order chi connectivity index (χ0) is 13.7. The Morgan fingerprint density at radius 1 is 1.28 bits per heavy atom. The van der Waals surface area contributed by atoms with E-state index in [4.69, 9.17) is 0 Å². The molecule has 18 heavy (non-hydrogen) atoms. The third kappa shape index (κ3) is 3.45. The largest absolute Gasteiger partial charge is 0.325 e. The molecule has 0 aromatic rings. The number of amides is 1. The lowest BCUT2D eigenvalue weighted by atomic mass is 10.1. The first-order valence-corrected chi connectivity index (χ1v) is 7.33. The molecule has 4 nitrogen and oxygen atoms in total. The van der Waals surface area contributed by atoms with Gasteiger partial charge in [0.1, 0.15) is 0 Å². The summed E-state index contributed by atoms with van der Waals surface area (Å²) in [5.41, 5.74) is 0. The average molecular weight is 255 g/mol. The van der Waals surface area contributed by atoms with Gasteiger partial charge in [0.05, 0.1) is 12.2 Å². The van der Waals surface area contributed by atoms with Gasteiger partial charge in [-0.3, -0.25) is 10.1 Å². The number of carbonyl (C=O) groups is 1. The number of hydrogen-bond acceptors (Lipinski definition) is 3. The summed E-state index contributed by atoms with van der Waals surface area (Å²) in [7, 11) is 0. The second-order valence-corrected chi connectivity index (χ2v) is 5.37. The maximum atomic E-state index is 12.4. The maximum absolute atomic E-state index is 12.4. The quantitative estimate of drug-likeness (QED) is 0.749. The Labute approximate surface area is 112 Å². The Balaban J connectivity index is 2.59. The van der Waals surface area contributed by atoms with Crippen LogP contribution >= 0.6 is 0 Å². The molecule has 2 atom stereocenters. The molecule has 0 bridgehead atoms. The van der Waals surface area contributed by atoms with Gasteiger partial charge in [-0.1, -0.05) is 34.6 Å². The summed E-state index contributed by atoms with van der Waals surface area (Å²) < 4.78 is 0. The van der Waals surface area contributed by atoms with Gasteiger partial charge in [-0.05, 0) is 25.4 Å². The van der Waals surface area contributed by atoms with E-state index >= 15 is 0 Å². The van der Waals surface area contributed by atoms with E-state index in [1.807, 2.05) is 4.90 Å². The first-order chi connectivity index (χ1) is 8.54. The van der Waals surface area contributed by atoms with Crippen molar-refractivity contribution in [2.75, 3.05) is 26.2 Å². The molecule has 0 aliphatic carbocycles. The molecule has 0 aromatic carbocycles. The third-order valence-electron chi connectivity index (χ3n) is 3.90. The number of carbonyl (C=O) groups excluding carboxylic acids is 1. The van der Waals surface area contributed by atoms with Gasteiger partial charge in [0, 0.05) is 13.1 Å². The minimum atomic E-state index is 0.00616. The molecule has 1 fully saturated rings. The number of nitrogens with zero attached hydrogens (tertiary/aromatic N) is 2. The Morgan fingerprint density at radius 3 is 2.33 bits per heavy atom. The minimum absolute atomic E-state index is 0.00616. The van der Waals surface area contributed by atoms with Crippen LogP contribution in [0.5, 0.6) is 0 Å². The summed E-state index contributed by atoms with van der Waals surface area (Å²) >= 11 is 0. The number of nitrogens with one attached hydrogen (secondary N) is 1. The lowest BCUT2D eigenvalue weighted by Crippen LogP contribution is -2.42. The molecule has 0 spiro atoms. The molecule has 0 saturated carbocycles. The lowest BCUT2D eigenvalue weighted by Gasteiger charge is -2.26. The van der Waals surface area contributed by atoms with E-state index in [1.54, 1.807) is 0 Å². The zero-order valence-corrected chi connectivity index (χ0v) is 12.6. The van der Waals surface area contributed by atoms with E-state index in [9.17, 15) is 4.79 Å². The van der Waals surface area contributed by atoms with Crippen molar-refractivity contribution in [3.05, 3.63) is 0 Å². The third-order valence-corrected chi connectivity index (χ3v) is 3.90. The summed E-state index contributed by atoms with van der Waals surface area (Å²) in [5.74, 6) is 0.647. The van der Waals surface area contributed by atoms with Crippen LogP contribution in [0, 0.1) is 5.92 Å². The van der Waals surface area contributed by atoms with Gasteiger partial charge in [-0.25, -0.2) is 0 Å². The number of hydrogen-bond donors (Lipinski definition) is 1. The van der Waals surface area contributed by atoms with Crippen molar-refractivity contribution in [2.45, 2.75) is 53.2 Å². The van der Waals surface area contributed by atoms with Crippen LogP contribution in [-0.4, -0.2) is 54.1 Å². The van der Waals surface area contributed by atoms with Crippen molar-refractivity contribution >= 4 is 5.91 Å². The summed E-state index contributed by atoms with van der Waals surface area (Å²) in [6.07, 6.45) is 1.20. The molecular formula is C14H29N3O. The van der Waals surface area contributed by atoms with Gasteiger partial charge in [0.25, 0.3) is 0 Å². The van der Waals surface area contributed by atoms with Crippen LogP contribution < -0.4 is 5.32 Å². The highest BCUT2D eigenvalue weighted by molar-refractivity contribution is 5.84. The molecule has 1 amide bonds. The summed E-state index contributed by atoms with van der Waals surface area (Å²) in [5, 5.41) is 3.46. The molecule has 4 heteroatoms. The number of likely N-dealkylation sites (N-methyl/N-ethyl adjacent to an activating group) is 1. The van der Waals surface area contributed by atoms with Crippen molar-refractivity contribution in [1.29, 1.82) is 0 Å². The van der Waals surface area contributed by atoms with Crippen LogP contribution in [0.4, 0.5) is 0 Å². The fraction of sp³-hybridized carbons (Fsp3) is 0.929. The van der Waals surface area contributed by atoms with Crippen molar-refractivity contribution < 1.29 is 4.79 Å². The summed E-state index contributed by atoms with van der Waals surface area (Å²) in [6, 6.07) is 0.00616. The maximum Gasteiger partial charge on any atom is 0.241 e. The monoisotopic (exact) mass is 255 g/mol. The van der Waals surface area contributed by atoms with Gasteiger partial charge in [-0.2, -0.15) is 0 Å². The van der Waals surface area contributed by atoms with Crippen molar-refractivity contribution in [1.82, 2.24) is 15.1 Å². The van der Waals surface area contributed by atoms with Gasteiger partial charge < -0.3 is 9.80 Å². The highest BCUT2D eigenvalue weighted by Crippen LogP contribution is 2.18. The molecule has 1 N–H and O–H groups in total. The predicted octanol–water partition coefficient (Wildman–Crippen LogP) is 1.52. The van der Waals surface area contributed by atoms with Crippen LogP contribution in [-0.2, 0) is 4.79 Å². The van der Waals surface area contributed by atoms with Crippen LogP contribution in [0.25, 0.3) is 0 Å². The molecule has 0 aromatic heterocycles. The van der Waals surface area contributed by atoms with E-state index in [-0.39, 0.29) is 18.1 Å². The van der Waals surface area contributed by atoms with Crippen molar-refractivity contribution in [2.24, 2.45) is 5.92 Å². The molecule has 2 unspecified atom stereocenters. The molecule has 1 aliphatic rings. The van der Waals surface area contributed by atoms with Crippen LogP contribution in [0.2, 0.25) is 0 Å². The fourth-order valence-electron chi connectivity index (χ4n) is 2.57. The second kappa shape index (κ2) is 7.10. The highest BCUT2D eigenvalue weighted by atomic mass is 16.2. The Bertz CT molecular complexity index is 264. The SMILES string of the molecule is CCC1NC(C(C)C)C(=O)N1CCN(CC)CC. The summed E-state index contributed by atoms with van der Waals surface area (Å²) in [4.78, 5) is 16.7. The first-order valence-electron chi connectivity index (χ1n) is 7.33. The van der Waals surface area contributed by atoms with E-state index in [0.29, 0.717) is 5.92 Å². The second-order valence-electron chi connectivity index (χ2n) is 5.37. The van der Waals surface area contributed by atoms with Gasteiger partial charge >= 0.3 is 0 Å². The van der Waals surface area contributed by atoms with E-state index in [2.05, 4.69) is 44.8 Å². The zero-order valence-electron chi connectivity index (χ0n) is 12.6. The Hall–Kier alpha value is -0.610. The standard InChI is InChI=1S/C14H29N3O/c1-6-12-15-13(11(4)5)14(18)17(12)10-9-16(7-2)8-3/h11-13,15H,6-10H2,1-5H3. The van der Waals surface area contributed by atoms with Crippen LogP contribution in [0.1, 0.15) is 41.0 Å². The minimum Gasteiger partial charge on any atom is -0.325 e. The average Bonchev–Trinajstić information content (AvgIpc) is 2.68. The number of rotatable bonds is 7. The molecule has 1 saturated heterocycles. The van der Waals surface area contributed by atoms with Crippen LogP contribution in [0.15, 0.2) is 0 Å². The van der Waals surface area contributed by atoms with Gasteiger partial charge in [-0.15, -0.1) is 0 Å². The summed E-state index contributed by atoms with van der Waals surface area (Å²) in [6.45, 7) is 14.6. The molecule has 1 aliphatic heterocycles. The Morgan fingerprint density at radius 2 is 1.89 bits per heavy atom. The highest BCUT2D eigenvalue weighted by Gasteiger charge is 2.38. The normalized spacial score (nSPS) is 24.6.